The molecule has 0 saturated heterocycles. The Balaban J connectivity index is 1.99. The summed E-state index contributed by atoms with van der Waals surface area (Å²) < 4.78 is 19.9. The number of urea groups is 1. The molecule has 0 spiro atoms. The Labute approximate surface area is 174 Å². The number of anilines is 1. The average molecular weight is 406 g/mol. The summed E-state index contributed by atoms with van der Waals surface area (Å²) in [5.41, 5.74) is 3.70. The number of hydrogen-bond acceptors (Lipinski definition) is 3. The molecule has 0 saturated carbocycles. The summed E-state index contributed by atoms with van der Waals surface area (Å²) in [4.78, 5) is 11.8. The molecule has 0 atom stereocenters. The number of amides is 2. The van der Waals surface area contributed by atoms with Gasteiger partial charge in [-0.3, -0.25) is 0 Å². The lowest BCUT2D eigenvalue weighted by molar-refractivity contribution is 0.253. The predicted molar refractivity (Wildman–Crippen MR) is 116 cm³/mol. The Hall–Kier alpha value is -3.79. The highest BCUT2D eigenvalue weighted by Gasteiger charge is 2.18. The molecule has 7 heteroatoms. The fourth-order valence-corrected chi connectivity index (χ4v) is 3.37. The van der Waals surface area contributed by atoms with Crippen molar-refractivity contribution in [2.45, 2.75) is 13.5 Å². The Morgan fingerprint density at radius 1 is 1.30 bits per heavy atom. The van der Waals surface area contributed by atoms with Crippen molar-refractivity contribution in [2.75, 3.05) is 25.1 Å². The van der Waals surface area contributed by atoms with Gasteiger partial charge in [-0.05, 0) is 36.8 Å². The molecule has 0 unspecified atom stereocenters. The molecule has 0 aliphatic heterocycles. The molecular weight excluding hydrogens is 383 g/mol. The van der Waals surface area contributed by atoms with Crippen LogP contribution in [-0.4, -0.2) is 30.4 Å². The van der Waals surface area contributed by atoms with E-state index in [1.165, 1.54) is 0 Å². The lowest BCUT2D eigenvalue weighted by Crippen LogP contribution is -2.28. The monoisotopic (exact) mass is 406 g/mol. The highest BCUT2D eigenvalue weighted by Crippen LogP contribution is 2.35. The molecular formula is C23H23FN4O2. The number of carbonyl (C=O) groups excluding carboxylic acids is 1. The quantitative estimate of drug-likeness (QED) is 0.525. The third kappa shape index (κ3) is 4.28. The van der Waals surface area contributed by atoms with E-state index >= 15 is 0 Å². The first-order valence-corrected chi connectivity index (χ1v) is 9.64. The van der Waals surface area contributed by atoms with Gasteiger partial charge in [0.15, 0.2) is 0 Å². The van der Waals surface area contributed by atoms with Crippen LogP contribution in [0.3, 0.4) is 0 Å². The lowest BCUT2D eigenvalue weighted by Gasteiger charge is -2.11. The van der Waals surface area contributed by atoms with Crippen LogP contribution in [0, 0.1) is 11.3 Å². The number of nitriles is 1. The van der Waals surface area contributed by atoms with Crippen LogP contribution in [-0.2, 0) is 6.54 Å². The fraction of sp³-hybridized carbons (Fsp3) is 0.217. The first kappa shape index (κ1) is 20.9. The molecule has 154 valence electrons. The number of ether oxygens (including phenoxy) is 1. The highest BCUT2D eigenvalue weighted by molar-refractivity contribution is 5.96. The van der Waals surface area contributed by atoms with Crippen LogP contribution in [0.15, 0.2) is 55.1 Å². The normalized spacial score (nSPS) is 10.4. The zero-order valence-electron chi connectivity index (χ0n) is 16.7. The molecule has 3 aromatic rings. The zero-order valence-corrected chi connectivity index (χ0v) is 16.7. The van der Waals surface area contributed by atoms with Gasteiger partial charge in [0, 0.05) is 30.2 Å². The number of carbonyl (C=O) groups is 1. The number of fused-ring (bicyclic) bond motifs is 1. The summed E-state index contributed by atoms with van der Waals surface area (Å²) in [6.45, 7) is 6.01. The molecule has 1 aromatic heterocycles. The van der Waals surface area contributed by atoms with Gasteiger partial charge in [0.2, 0.25) is 0 Å². The van der Waals surface area contributed by atoms with E-state index in [-0.39, 0.29) is 12.6 Å². The predicted octanol–water partition coefficient (Wildman–Crippen LogP) is 4.86. The van der Waals surface area contributed by atoms with Crippen molar-refractivity contribution in [2.24, 2.45) is 0 Å². The van der Waals surface area contributed by atoms with Gasteiger partial charge in [-0.1, -0.05) is 18.2 Å². The van der Waals surface area contributed by atoms with Crippen LogP contribution in [0.2, 0.25) is 0 Å². The smallest absolute Gasteiger partial charge is 0.319 e. The summed E-state index contributed by atoms with van der Waals surface area (Å²) >= 11 is 0. The minimum absolute atomic E-state index is 0.00879. The van der Waals surface area contributed by atoms with Gasteiger partial charge in [0.1, 0.15) is 25.1 Å². The van der Waals surface area contributed by atoms with E-state index in [4.69, 9.17) is 4.74 Å². The van der Waals surface area contributed by atoms with Gasteiger partial charge in [-0.25, -0.2) is 9.18 Å². The summed E-state index contributed by atoms with van der Waals surface area (Å²) in [5.74, 6) is 0.563. The fourth-order valence-electron chi connectivity index (χ4n) is 3.37. The topological polar surface area (TPSA) is 79.1 Å². The molecule has 30 heavy (non-hydrogen) atoms. The number of benzene rings is 2. The van der Waals surface area contributed by atoms with Crippen LogP contribution >= 0.6 is 0 Å². The molecule has 2 N–H and O–H groups in total. The summed E-state index contributed by atoms with van der Waals surface area (Å²) in [7, 11) is 0. The summed E-state index contributed by atoms with van der Waals surface area (Å²) in [6.07, 6.45) is 1.60. The van der Waals surface area contributed by atoms with E-state index in [9.17, 15) is 14.4 Å². The number of alkyl halides is 1. The van der Waals surface area contributed by atoms with Crippen LogP contribution in [0.4, 0.5) is 14.9 Å². The molecule has 0 bridgehead atoms. The number of hydrogen-bond donors (Lipinski definition) is 2. The second-order valence-corrected chi connectivity index (χ2v) is 6.50. The number of aromatic nitrogens is 1. The molecule has 2 aromatic carbocycles. The summed E-state index contributed by atoms with van der Waals surface area (Å²) in [5, 5.41) is 16.0. The Bertz CT molecular complexity index is 1100. The van der Waals surface area contributed by atoms with E-state index in [1.807, 2.05) is 35.8 Å². The number of nitrogens with zero attached hydrogens (tertiary/aromatic N) is 2. The van der Waals surface area contributed by atoms with Gasteiger partial charge in [-0.15, -0.1) is 6.58 Å². The SMILES string of the molecule is C=CCNC(=O)Nc1ccc(-c2c(C#N)c3ccc(OCCF)cc3n2CC)cc1. The van der Waals surface area contributed by atoms with Crippen molar-refractivity contribution in [3.05, 3.63) is 60.7 Å². The minimum Gasteiger partial charge on any atom is -0.491 e. The molecule has 0 aliphatic carbocycles. The van der Waals surface area contributed by atoms with Crippen molar-refractivity contribution in [1.29, 1.82) is 5.26 Å². The third-order valence-electron chi connectivity index (χ3n) is 4.63. The molecule has 6 nitrogen and oxygen atoms in total. The van der Waals surface area contributed by atoms with Crippen molar-refractivity contribution in [1.82, 2.24) is 9.88 Å². The second-order valence-electron chi connectivity index (χ2n) is 6.50. The average Bonchev–Trinajstić information content (AvgIpc) is 3.09. The van der Waals surface area contributed by atoms with Gasteiger partial charge in [0.05, 0.1) is 16.8 Å². The van der Waals surface area contributed by atoms with E-state index in [1.54, 1.807) is 24.3 Å². The number of halogens is 1. The van der Waals surface area contributed by atoms with Crippen LogP contribution in [0.25, 0.3) is 22.2 Å². The molecule has 3 rings (SSSR count). The van der Waals surface area contributed by atoms with Crippen molar-refractivity contribution in [3.63, 3.8) is 0 Å². The molecule has 0 aliphatic rings. The lowest BCUT2D eigenvalue weighted by atomic mass is 10.1. The maximum absolute atomic E-state index is 12.4. The number of nitrogens with one attached hydrogen (secondary N) is 2. The Morgan fingerprint density at radius 3 is 2.70 bits per heavy atom. The Morgan fingerprint density at radius 2 is 2.07 bits per heavy atom. The van der Waals surface area contributed by atoms with E-state index in [2.05, 4.69) is 23.3 Å². The van der Waals surface area contributed by atoms with Gasteiger partial charge in [-0.2, -0.15) is 5.26 Å². The van der Waals surface area contributed by atoms with Crippen LogP contribution < -0.4 is 15.4 Å². The van der Waals surface area contributed by atoms with Crippen molar-refractivity contribution >= 4 is 22.6 Å². The number of rotatable bonds is 8. The van der Waals surface area contributed by atoms with Gasteiger partial charge in [0.25, 0.3) is 0 Å². The second kappa shape index (κ2) is 9.61. The molecule has 0 fully saturated rings. The minimum atomic E-state index is -0.562. The molecule has 0 radical (unpaired) electrons. The van der Waals surface area contributed by atoms with Crippen LogP contribution in [0.1, 0.15) is 12.5 Å². The van der Waals surface area contributed by atoms with Crippen molar-refractivity contribution in [3.8, 4) is 23.1 Å². The zero-order chi connectivity index (χ0) is 21.5. The first-order chi connectivity index (χ1) is 14.6. The third-order valence-corrected chi connectivity index (χ3v) is 4.63. The largest absolute Gasteiger partial charge is 0.491 e. The highest BCUT2D eigenvalue weighted by atomic mass is 19.1. The standard InChI is InChI=1S/C23H23FN4O2/c1-3-12-26-23(29)27-17-7-5-16(6-8-17)22-20(15-25)19-10-9-18(30-13-11-24)14-21(19)28(22)4-2/h3,5-10,14H,1,4,11-13H2,2H3,(H2,26,27,29). The van der Waals surface area contributed by atoms with Gasteiger partial charge < -0.3 is 19.9 Å². The number of aryl methyl sites for hydroxylation is 1. The molecule has 1 heterocycles. The maximum atomic E-state index is 12.4. The summed E-state index contributed by atoms with van der Waals surface area (Å²) in [6, 6.07) is 14.7. The van der Waals surface area contributed by atoms with Gasteiger partial charge >= 0.3 is 6.03 Å². The van der Waals surface area contributed by atoms with E-state index in [0.717, 1.165) is 22.2 Å². The van der Waals surface area contributed by atoms with Crippen molar-refractivity contribution < 1.29 is 13.9 Å². The van der Waals surface area contributed by atoms with E-state index < -0.39 is 6.67 Å². The maximum Gasteiger partial charge on any atom is 0.319 e. The van der Waals surface area contributed by atoms with E-state index in [0.29, 0.717) is 30.1 Å². The van der Waals surface area contributed by atoms with Crippen LogP contribution in [0.5, 0.6) is 5.75 Å². The molecule has 2 amide bonds. The first-order valence-electron chi connectivity index (χ1n) is 9.64. The Kier molecular flexibility index (Phi) is 6.71.